The molecule has 1 N–H and O–H groups in total. The molecule has 2 rings (SSSR count). The summed E-state index contributed by atoms with van der Waals surface area (Å²) in [6.45, 7) is 3.08. The van der Waals surface area contributed by atoms with Gasteiger partial charge in [-0.3, -0.25) is 0 Å². The molecule has 1 fully saturated rings. The summed E-state index contributed by atoms with van der Waals surface area (Å²) in [5.74, 6) is -3.52. The summed E-state index contributed by atoms with van der Waals surface area (Å²) in [7, 11) is 0. The first-order valence-corrected chi connectivity index (χ1v) is 6.02. The van der Waals surface area contributed by atoms with Crippen LogP contribution in [0.4, 0.5) is 8.78 Å². The van der Waals surface area contributed by atoms with Crippen LogP contribution in [0.1, 0.15) is 37.8 Å². The molecule has 0 aromatic heterocycles. The van der Waals surface area contributed by atoms with Crippen LogP contribution in [0.25, 0.3) is 0 Å². The molecule has 94 valence electrons. The molecule has 0 bridgehead atoms. The predicted molar refractivity (Wildman–Crippen MR) is 63.2 cm³/mol. The molecular formula is C14H18F2O. The van der Waals surface area contributed by atoms with Crippen LogP contribution < -0.4 is 0 Å². The fourth-order valence-corrected chi connectivity index (χ4v) is 2.08. The van der Waals surface area contributed by atoms with E-state index in [-0.39, 0.29) is 17.6 Å². The zero-order chi connectivity index (χ0) is 12.7. The Hall–Kier alpha value is -0.960. The van der Waals surface area contributed by atoms with E-state index in [9.17, 15) is 13.9 Å². The van der Waals surface area contributed by atoms with Gasteiger partial charge in [-0.1, -0.05) is 32.0 Å². The van der Waals surface area contributed by atoms with E-state index < -0.39 is 11.8 Å². The van der Waals surface area contributed by atoms with Gasteiger partial charge in [0.1, 0.15) is 0 Å². The second kappa shape index (κ2) is 4.05. The van der Waals surface area contributed by atoms with Crippen molar-refractivity contribution >= 4 is 0 Å². The molecule has 0 heterocycles. The van der Waals surface area contributed by atoms with Gasteiger partial charge in [0.15, 0.2) is 0 Å². The summed E-state index contributed by atoms with van der Waals surface area (Å²) >= 11 is 0. The van der Waals surface area contributed by atoms with Gasteiger partial charge < -0.3 is 5.11 Å². The van der Waals surface area contributed by atoms with Gasteiger partial charge in [-0.15, -0.1) is 0 Å². The van der Waals surface area contributed by atoms with E-state index in [2.05, 4.69) is 0 Å². The minimum atomic E-state index is -2.80. The third-order valence-electron chi connectivity index (χ3n) is 3.74. The van der Waals surface area contributed by atoms with Crippen molar-refractivity contribution in [3.05, 3.63) is 35.4 Å². The van der Waals surface area contributed by atoms with Crippen LogP contribution in [-0.4, -0.2) is 11.7 Å². The summed E-state index contributed by atoms with van der Waals surface area (Å²) in [6, 6.07) is 6.53. The number of rotatable bonds is 4. The lowest BCUT2D eigenvalue weighted by Crippen LogP contribution is -2.22. The Morgan fingerprint density at radius 1 is 1.35 bits per heavy atom. The van der Waals surface area contributed by atoms with Gasteiger partial charge in [0.2, 0.25) is 0 Å². The standard InChI is InChI=1S/C14H18F2O/c1-10(2)14(15,16)12-5-3-4-11(8-12)13(9-17)6-7-13/h3-5,8,10,17H,6-7,9H2,1-2H3. The normalized spacial score (nSPS) is 18.5. The summed E-state index contributed by atoms with van der Waals surface area (Å²) in [4.78, 5) is 0. The molecule has 1 aliphatic rings. The van der Waals surface area contributed by atoms with Crippen LogP contribution in [-0.2, 0) is 11.3 Å². The van der Waals surface area contributed by atoms with Gasteiger partial charge in [0.25, 0.3) is 5.92 Å². The number of hydrogen-bond donors (Lipinski definition) is 1. The molecule has 0 unspecified atom stereocenters. The first-order valence-electron chi connectivity index (χ1n) is 6.02. The maximum absolute atomic E-state index is 13.9. The second-order valence-electron chi connectivity index (χ2n) is 5.30. The fraction of sp³-hybridized carbons (Fsp3) is 0.571. The molecule has 0 spiro atoms. The lowest BCUT2D eigenvalue weighted by atomic mass is 9.91. The third kappa shape index (κ3) is 2.08. The maximum atomic E-state index is 13.9. The van der Waals surface area contributed by atoms with Gasteiger partial charge in [0.05, 0.1) is 6.61 Å². The SMILES string of the molecule is CC(C)C(F)(F)c1cccc(C2(CO)CC2)c1. The number of aliphatic hydroxyl groups is 1. The summed E-state index contributed by atoms with van der Waals surface area (Å²) in [5.41, 5.74) is 0.658. The molecule has 1 aromatic rings. The van der Waals surface area contributed by atoms with Crippen molar-refractivity contribution in [2.45, 2.75) is 38.0 Å². The molecule has 0 atom stereocenters. The highest BCUT2D eigenvalue weighted by molar-refractivity contribution is 5.36. The molecule has 0 radical (unpaired) electrons. The van der Waals surface area contributed by atoms with Gasteiger partial charge in [0, 0.05) is 16.9 Å². The molecule has 1 nitrogen and oxygen atoms in total. The van der Waals surface area contributed by atoms with Crippen LogP contribution >= 0.6 is 0 Å². The van der Waals surface area contributed by atoms with Crippen molar-refractivity contribution in [1.82, 2.24) is 0 Å². The van der Waals surface area contributed by atoms with Crippen LogP contribution in [0.3, 0.4) is 0 Å². The van der Waals surface area contributed by atoms with Gasteiger partial charge >= 0.3 is 0 Å². The van der Waals surface area contributed by atoms with Crippen molar-refractivity contribution in [3.63, 3.8) is 0 Å². The third-order valence-corrected chi connectivity index (χ3v) is 3.74. The lowest BCUT2D eigenvalue weighted by molar-refractivity contribution is -0.0514. The highest BCUT2D eigenvalue weighted by Gasteiger charge is 2.45. The molecule has 3 heteroatoms. The van der Waals surface area contributed by atoms with Crippen molar-refractivity contribution in [2.24, 2.45) is 5.92 Å². The van der Waals surface area contributed by atoms with E-state index in [4.69, 9.17) is 0 Å². The minimum Gasteiger partial charge on any atom is -0.395 e. The van der Waals surface area contributed by atoms with E-state index in [0.717, 1.165) is 18.4 Å². The molecule has 1 saturated carbocycles. The first-order chi connectivity index (χ1) is 7.92. The van der Waals surface area contributed by atoms with Gasteiger partial charge in [-0.2, -0.15) is 0 Å². The summed E-state index contributed by atoms with van der Waals surface area (Å²) < 4.78 is 27.8. The number of aliphatic hydroxyl groups excluding tert-OH is 1. The van der Waals surface area contributed by atoms with E-state index in [0.29, 0.717) is 0 Å². The van der Waals surface area contributed by atoms with Gasteiger partial charge in [-0.05, 0) is 24.5 Å². The zero-order valence-corrected chi connectivity index (χ0v) is 10.2. The summed E-state index contributed by atoms with van der Waals surface area (Å²) in [5, 5.41) is 9.33. The monoisotopic (exact) mass is 240 g/mol. The molecule has 0 saturated heterocycles. The van der Waals surface area contributed by atoms with Crippen LogP contribution in [0.5, 0.6) is 0 Å². The average molecular weight is 240 g/mol. The topological polar surface area (TPSA) is 20.2 Å². The van der Waals surface area contributed by atoms with E-state index in [1.807, 2.05) is 6.07 Å². The summed E-state index contributed by atoms with van der Waals surface area (Å²) in [6.07, 6.45) is 1.78. The molecule has 1 aromatic carbocycles. The van der Waals surface area contributed by atoms with Crippen LogP contribution in [0.15, 0.2) is 24.3 Å². The predicted octanol–water partition coefficient (Wildman–Crippen LogP) is 3.46. The number of halogens is 2. The minimum absolute atomic E-state index is 0.0453. The average Bonchev–Trinajstić information content (AvgIpc) is 3.10. The van der Waals surface area contributed by atoms with E-state index >= 15 is 0 Å². The quantitative estimate of drug-likeness (QED) is 0.854. The fourth-order valence-electron chi connectivity index (χ4n) is 2.08. The Bertz CT molecular complexity index is 408. The van der Waals surface area contributed by atoms with Crippen molar-refractivity contribution < 1.29 is 13.9 Å². The molecule has 17 heavy (non-hydrogen) atoms. The van der Waals surface area contributed by atoms with Crippen LogP contribution in [0.2, 0.25) is 0 Å². The zero-order valence-electron chi connectivity index (χ0n) is 10.2. The van der Waals surface area contributed by atoms with E-state index in [1.165, 1.54) is 19.9 Å². The number of benzene rings is 1. The second-order valence-corrected chi connectivity index (χ2v) is 5.30. The highest BCUT2D eigenvalue weighted by atomic mass is 19.3. The Labute approximate surface area is 100 Å². The smallest absolute Gasteiger partial charge is 0.275 e. The number of hydrogen-bond acceptors (Lipinski definition) is 1. The highest BCUT2D eigenvalue weighted by Crippen LogP contribution is 2.48. The van der Waals surface area contributed by atoms with Crippen molar-refractivity contribution in [2.75, 3.05) is 6.61 Å². The molecule has 0 aliphatic heterocycles. The van der Waals surface area contributed by atoms with E-state index in [1.54, 1.807) is 12.1 Å². The maximum Gasteiger partial charge on any atom is 0.275 e. The largest absolute Gasteiger partial charge is 0.395 e. The Morgan fingerprint density at radius 3 is 2.47 bits per heavy atom. The molecular weight excluding hydrogens is 222 g/mol. The lowest BCUT2D eigenvalue weighted by Gasteiger charge is -2.22. The van der Waals surface area contributed by atoms with Crippen LogP contribution in [0, 0.1) is 5.92 Å². The molecule has 1 aliphatic carbocycles. The molecule has 0 amide bonds. The Morgan fingerprint density at radius 2 is 2.00 bits per heavy atom. The van der Waals surface area contributed by atoms with Gasteiger partial charge in [-0.25, -0.2) is 8.78 Å². The Balaban J connectivity index is 2.35. The van der Waals surface area contributed by atoms with Crippen molar-refractivity contribution in [1.29, 1.82) is 0 Å². The van der Waals surface area contributed by atoms with Crippen molar-refractivity contribution in [3.8, 4) is 0 Å². The number of alkyl halides is 2. The first kappa shape index (κ1) is 12.5. The Kier molecular flexibility index (Phi) is 2.98.